The summed E-state index contributed by atoms with van der Waals surface area (Å²) in [6.45, 7) is 9.17. The second-order valence-corrected chi connectivity index (χ2v) is 7.15. The van der Waals surface area contributed by atoms with E-state index in [2.05, 4.69) is 20.8 Å². The fraction of sp³-hybridized carbons (Fsp3) is 0.938. The second kappa shape index (κ2) is 5.82. The number of hydrogen-bond donors (Lipinski definition) is 0. The van der Waals surface area contributed by atoms with Gasteiger partial charge in [-0.25, -0.2) is 0 Å². The van der Waals surface area contributed by atoms with Crippen molar-refractivity contribution < 1.29 is 14.3 Å². The van der Waals surface area contributed by atoms with Crippen molar-refractivity contribution in [2.75, 3.05) is 6.61 Å². The molecule has 4 atom stereocenters. The lowest BCUT2D eigenvalue weighted by atomic mass is 9.81. The van der Waals surface area contributed by atoms with Crippen LogP contribution in [0.25, 0.3) is 0 Å². The van der Waals surface area contributed by atoms with Crippen LogP contribution in [0, 0.1) is 17.3 Å². The highest BCUT2D eigenvalue weighted by atomic mass is 16.6. The number of carbonyl (C=O) groups is 1. The first-order valence-corrected chi connectivity index (χ1v) is 7.73. The van der Waals surface area contributed by atoms with E-state index in [0.29, 0.717) is 24.7 Å². The summed E-state index contributed by atoms with van der Waals surface area (Å²) < 4.78 is 11.0. The van der Waals surface area contributed by atoms with Gasteiger partial charge in [0.2, 0.25) is 0 Å². The number of ether oxygens (including phenoxy) is 2. The molecule has 0 radical (unpaired) electrons. The summed E-state index contributed by atoms with van der Waals surface area (Å²) >= 11 is 0. The number of hydrogen-bond acceptors (Lipinski definition) is 3. The lowest BCUT2D eigenvalue weighted by Gasteiger charge is -2.26. The first-order valence-electron chi connectivity index (χ1n) is 7.73. The van der Waals surface area contributed by atoms with E-state index in [1.54, 1.807) is 0 Å². The van der Waals surface area contributed by atoms with Crippen LogP contribution < -0.4 is 0 Å². The maximum absolute atomic E-state index is 12.0. The molecule has 1 aliphatic carbocycles. The highest BCUT2D eigenvalue weighted by molar-refractivity contribution is 5.72. The van der Waals surface area contributed by atoms with Gasteiger partial charge in [-0.05, 0) is 37.0 Å². The van der Waals surface area contributed by atoms with Crippen LogP contribution in [0.5, 0.6) is 0 Å². The molecule has 0 bridgehead atoms. The predicted molar refractivity (Wildman–Crippen MR) is 74.8 cm³/mol. The minimum atomic E-state index is -0.0274. The summed E-state index contributed by atoms with van der Waals surface area (Å²) in [7, 11) is 0. The predicted octanol–water partition coefficient (Wildman–Crippen LogP) is 3.56. The molecule has 1 heterocycles. The van der Waals surface area contributed by atoms with Crippen LogP contribution >= 0.6 is 0 Å². The zero-order valence-electron chi connectivity index (χ0n) is 12.8. The monoisotopic (exact) mass is 268 g/mol. The molecule has 3 nitrogen and oxygen atoms in total. The van der Waals surface area contributed by atoms with E-state index in [4.69, 9.17) is 9.47 Å². The van der Waals surface area contributed by atoms with Crippen molar-refractivity contribution in [1.29, 1.82) is 0 Å². The van der Waals surface area contributed by atoms with Crippen molar-refractivity contribution in [3.8, 4) is 0 Å². The van der Waals surface area contributed by atoms with Crippen molar-refractivity contribution in [2.24, 2.45) is 17.3 Å². The summed E-state index contributed by atoms with van der Waals surface area (Å²) in [6.07, 6.45) is 6.35. The topological polar surface area (TPSA) is 38.8 Å². The fourth-order valence-corrected chi connectivity index (χ4v) is 3.04. The highest BCUT2D eigenvalue weighted by Crippen LogP contribution is 2.39. The maximum atomic E-state index is 12.0. The van der Waals surface area contributed by atoms with E-state index in [9.17, 15) is 4.79 Å². The third-order valence-electron chi connectivity index (χ3n) is 4.79. The van der Waals surface area contributed by atoms with Gasteiger partial charge in [-0.15, -0.1) is 0 Å². The summed E-state index contributed by atoms with van der Waals surface area (Å²) in [4.78, 5) is 12.0. The molecule has 1 aliphatic heterocycles. The van der Waals surface area contributed by atoms with Gasteiger partial charge in [0, 0.05) is 0 Å². The average Bonchev–Trinajstić information content (AvgIpc) is 3.13. The third kappa shape index (κ3) is 4.20. The zero-order valence-corrected chi connectivity index (χ0v) is 12.8. The quantitative estimate of drug-likeness (QED) is 0.546. The van der Waals surface area contributed by atoms with E-state index in [1.807, 2.05) is 6.92 Å². The highest BCUT2D eigenvalue weighted by Gasteiger charge is 2.44. The molecular formula is C16H28O3. The smallest absolute Gasteiger partial charge is 0.308 e. The lowest BCUT2D eigenvalue weighted by Crippen LogP contribution is -2.25. The number of rotatable bonds is 6. The van der Waals surface area contributed by atoms with Crippen LogP contribution in [0.3, 0.4) is 0 Å². The molecule has 0 spiro atoms. The SMILES string of the molecule is CCC(C)(C)CC(C)C(=O)OCC1CCC2OC2C1. The minimum Gasteiger partial charge on any atom is -0.465 e. The van der Waals surface area contributed by atoms with Gasteiger partial charge >= 0.3 is 5.97 Å². The minimum absolute atomic E-state index is 0.00321. The van der Waals surface area contributed by atoms with Crippen molar-refractivity contribution >= 4 is 5.97 Å². The van der Waals surface area contributed by atoms with Crippen molar-refractivity contribution in [1.82, 2.24) is 0 Å². The molecular weight excluding hydrogens is 240 g/mol. The van der Waals surface area contributed by atoms with Gasteiger partial charge in [-0.1, -0.05) is 34.1 Å². The standard InChI is InChI=1S/C16H28O3/c1-5-16(3,4)9-11(2)15(17)18-10-12-6-7-13-14(8-12)19-13/h11-14H,5-10H2,1-4H3. The summed E-state index contributed by atoms with van der Waals surface area (Å²) in [5.74, 6) is 0.489. The molecule has 2 fully saturated rings. The number of epoxide rings is 1. The molecule has 2 rings (SSSR count). The van der Waals surface area contributed by atoms with Crippen molar-refractivity contribution in [3.63, 3.8) is 0 Å². The molecule has 1 saturated heterocycles. The Hall–Kier alpha value is -0.570. The van der Waals surface area contributed by atoms with E-state index in [0.717, 1.165) is 32.1 Å². The van der Waals surface area contributed by atoms with E-state index < -0.39 is 0 Å². The lowest BCUT2D eigenvalue weighted by molar-refractivity contribution is -0.150. The van der Waals surface area contributed by atoms with Crippen LogP contribution in [-0.4, -0.2) is 24.8 Å². The number of carbonyl (C=O) groups excluding carboxylic acids is 1. The van der Waals surface area contributed by atoms with E-state index >= 15 is 0 Å². The Labute approximate surface area is 117 Å². The van der Waals surface area contributed by atoms with Crippen LogP contribution in [0.15, 0.2) is 0 Å². The number of esters is 1. The Balaban J connectivity index is 1.68. The Morgan fingerprint density at radius 1 is 1.37 bits per heavy atom. The first-order chi connectivity index (χ1) is 8.91. The number of fused-ring (bicyclic) bond motifs is 1. The van der Waals surface area contributed by atoms with Crippen molar-refractivity contribution in [2.45, 2.75) is 72.0 Å². The first kappa shape index (κ1) is 14.8. The fourth-order valence-electron chi connectivity index (χ4n) is 3.04. The average molecular weight is 268 g/mol. The molecule has 3 heteroatoms. The Morgan fingerprint density at radius 2 is 2.11 bits per heavy atom. The molecule has 4 unspecified atom stereocenters. The van der Waals surface area contributed by atoms with Gasteiger partial charge in [0.25, 0.3) is 0 Å². The van der Waals surface area contributed by atoms with Gasteiger partial charge in [0.05, 0.1) is 24.7 Å². The van der Waals surface area contributed by atoms with Crippen LogP contribution in [0.4, 0.5) is 0 Å². The molecule has 2 aliphatic rings. The van der Waals surface area contributed by atoms with E-state index in [-0.39, 0.29) is 17.3 Å². The normalized spacial score (nSPS) is 31.5. The second-order valence-electron chi connectivity index (χ2n) is 7.15. The molecule has 0 aromatic carbocycles. The van der Waals surface area contributed by atoms with Crippen LogP contribution in [-0.2, 0) is 14.3 Å². The molecule has 0 aromatic rings. The molecule has 19 heavy (non-hydrogen) atoms. The van der Waals surface area contributed by atoms with Crippen LogP contribution in [0.2, 0.25) is 0 Å². The Kier molecular flexibility index (Phi) is 4.54. The van der Waals surface area contributed by atoms with Gasteiger partial charge in [-0.2, -0.15) is 0 Å². The summed E-state index contributed by atoms with van der Waals surface area (Å²) in [5.41, 5.74) is 0.221. The Bertz CT molecular complexity index is 324. The molecule has 0 amide bonds. The van der Waals surface area contributed by atoms with Gasteiger partial charge in [0.1, 0.15) is 0 Å². The summed E-state index contributed by atoms with van der Waals surface area (Å²) in [5, 5.41) is 0. The maximum Gasteiger partial charge on any atom is 0.308 e. The van der Waals surface area contributed by atoms with Crippen molar-refractivity contribution in [3.05, 3.63) is 0 Å². The molecule has 110 valence electrons. The van der Waals surface area contributed by atoms with Gasteiger partial charge in [0.15, 0.2) is 0 Å². The van der Waals surface area contributed by atoms with Gasteiger partial charge < -0.3 is 9.47 Å². The van der Waals surface area contributed by atoms with E-state index in [1.165, 1.54) is 0 Å². The molecule has 0 aromatic heterocycles. The Morgan fingerprint density at radius 3 is 2.74 bits per heavy atom. The third-order valence-corrected chi connectivity index (χ3v) is 4.79. The zero-order chi connectivity index (χ0) is 14.0. The molecule has 0 N–H and O–H groups in total. The summed E-state index contributed by atoms with van der Waals surface area (Å²) in [6, 6.07) is 0. The largest absolute Gasteiger partial charge is 0.465 e. The molecule has 1 saturated carbocycles. The van der Waals surface area contributed by atoms with Gasteiger partial charge in [-0.3, -0.25) is 4.79 Å². The van der Waals surface area contributed by atoms with Crippen LogP contribution in [0.1, 0.15) is 59.8 Å².